The van der Waals surface area contributed by atoms with Crippen molar-refractivity contribution in [1.29, 1.82) is 0 Å². The minimum Gasteiger partial charge on any atom is -0.384 e. The SMILES string of the molecule is Cc1ccc(CN(CCCCNc2ccnc3cc(Cl)ccc23)Cc2ccccc2)s1. The highest BCUT2D eigenvalue weighted by molar-refractivity contribution is 7.11. The Kier molecular flexibility index (Phi) is 7.57. The molecule has 0 bridgehead atoms. The van der Waals surface area contributed by atoms with Crippen LogP contribution < -0.4 is 5.32 Å². The first-order valence-corrected chi connectivity index (χ1v) is 12.0. The quantitative estimate of drug-likeness (QED) is 0.260. The molecule has 2 aromatic carbocycles. The molecule has 0 aliphatic rings. The third-order valence-electron chi connectivity index (χ3n) is 5.35. The number of pyridine rings is 1. The van der Waals surface area contributed by atoms with Crippen molar-refractivity contribution < 1.29 is 0 Å². The van der Waals surface area contributed by atoms with E-state index in [-0.39, 0.29) is 0 Å². The van der Waals surface area contributed by atoms with Crippen LogP contribution in [-0.4, -0.2) is 23.0 Å². The van der Waals surface area contributed by atoms with Crippen molar-refractivity contribution in [2.24, 2.45) is 0 Å². The number of unbranched alkanes of at least 4 members (excludes halogenated alkanes) is 1. The zero-order valence-electron chi connectivity index (χ0n) is 17.9. The van der Waals surface area contributed by atoms with Crippen LogP contribution in [0.4, 0.5) is 5.69 Å². The lowest BCUT2D eigenvalue weighted by atomic mass is 10.1. The molecule has 1 N–H and O–H groups in total. The average Bonchev–Trinajstić information content (AvgIpc) is 3.18. The van der Waals surface area contributed by atoms with E-state index in [0.717, 1.165) is 60.6 Å². The van der Waals surface area contributed by atoms with Gasteiger partial charge in [-0.15, -0.1) is 11.3 Å². The van der Waals surface area contributed by atoms with Crippen molar-refractivity contribution >= 4 is 39.5 Å². The predicted molar refractivity (Wildman–Crippen MR) is 134 cm³/mol. The highest BCUT2D eigenvalue weighted by atomic mass is 35.5. The third-order valence-corrected chi connectivity index (χ3v) is 6.57. The van der Waals surface area contributed by atoms with Gasteiger partial charge in [0.05, 0.1) is 5.52 Å². The lowest BCUT2D eigenvalue weighted by molar-refractivity contribution is 0.254. The number of benzene rings is 2. The second-order valence-corrected chi connectivity index (χ2v) is 9.67. The number of nitrogens with one attached hydrogen (secondary N) is 1. The molecule has 4 aromatic rings. The van der Waals surface area contributed by atoms with Gasteiger partial charge < -0.3 is 5.32 Å². The van der Waals surface area contributed by atoms with Gasteiger partial charge in [0, 0.05) is 51.7 Å². The lowest BCUT2D eigenvalue weighted by Gasteiger charge is -2.22. The number of nitrogens with zero attached hydrogens (tertiary/aromatic N) is 2. The van der Waals surface area contributed by atoms with Crippen molar-refractivity contribution in [1.82, 2.24) is 9.88 Å². The van der Waals surface area contributed by atoms with Gasteiger partial charge in [0.1, 0.15) is 0 Å². The van der Waals surface area contributed by atoms with E-state index in [9.17, 15) is 0 Å². The number of aromatic nitrogens is 1. The molecule has 0 atom stereocenters. The molecule has 0 saturated heterocycles. The summed E-state index contributed by atoms with van der Waals surface area (Å²) in [4.78, 5) is 9.80. The Balaban J connectivity index is 1.31. The fraction of sp³-hybridized carbons (Fsp3) is 0.269. The molecule has 0 aliphatic carbocycles. The highest BCUT2D eigenvalue weighted by Gasteiger charge is 2.09. The summed E-state index contributed by atoms with van der Waals surface area (Å²) in [6.07, 6.45) is 4.11. The fourth-order valence-electron chi connectivity index (χ4n) is 3.80. The monoisotopic (exact) mass is 449 g/mol. The van der Waals surface area contributed by atoms with Crippen molar-refractivity contribution in [3.63, 3.8) is 0 Å². The van der Waals surface area contributed by atoms with Gasteiger partial charge in [-0.2, -0.15) is 0 Å². The smallest absolute Gasteiger partial charge is 0.0737 e. The summed E-state index contributed by atoms with van der Waals surface area (Å²) >= 11 is 8.00. The molecule has 4 rings (SSSR count). The normalized spacial score (nSPS) is 11.3. The number of aryl methyl sites for hydroxylation is 1. The van der Waals surface area contributed by atoms with E-state index in [1.807, 2.05) is 41.8 Å². The van der Waals surface area contributed by atoms with E-state index in [0.29, 0.717) is 0 Å². The standard InChI is InChI=1S/C26H28ClN3S/c1-20-9-11-23(31-20)19-30(18-21-7-3-2-4-8-21)16-6-5-14-28-25-13-15-29-26-17-22(27)10-12-24(25)26/h2-4,7-13,15,17H,5-6,14,16,18-19H2,1H3,(H,28,29). The zero-order valence-corrected chi connectivity index (χ0v) is 19.4. The maximum absolute atomic E-state index is 6.10. The Bertz CT molecular complexity index is 1110. The van der Waals surface area contributed by atoms with Crippen LogP contribution in [0.5, 0.6) is 0 Å². The van der Waals surface area contributed by atoms with E-state index in [2.05, 4.69) is 64.6 Å². The molecule has 0 aliphatic heterocycles. The maximum atomic E-state index is 6.10. The van der Waals surface area contributed by atoms with Crippen LogP contribution in [0.15, 0.2) is 72.9 Å². The van der Waals surface area contributed by atoms with E-state index >= 15 is 0 Å². The maximum Gasteiger partial charge on any atom is 0.0737 e. The molecule has 0 amide bonds. The van der Waals surface area contributed by atoms with Crippen LogP contribution in [0.1, 0.15) is 28.2 Å². The number of halogens is 1. The number of hydrogen-bond acceptors (Lipinski definition) is 4. The van der Waals surface area contributed by atoms with Gasteiger partial charge in [0.2, 0.25) is 0 Å². The molecule has 0 spiro atoms. The van der Waals surface area contributed by atoms with Gasteiger partial charge in [-0.05, 0) is 68.3 Å². The molecular weight excluding hydrogens is 422 g/mol. The van der Waals surface area contributed by atoms with Crippen molar-refractivity contribution in [2.75, 3.05) is 18.4 Å². The van der Waals surface area contributed by atoms with Gasteiger partial charge in [0.15, 0.2) is 0 Å². The molecule has 0 radical (unpaired) electrons. The van der Waals surface area contributed by atoms with E-state index in [1.165, 1.54) is 15.3 Å². The molecule has 0 saturated carbocycles. The average molecular weight is 450 g/mol. The Morgan fingerprint density at radius 2 is 1.84 bits per heavy atom. The van der Waals surface area contributed by atoms with Crippen molar-refractivity contribution in [2.45, 2.75) is 32.9 Å². The largest absolute Gasteiger partial charge is 0.384 e. The molecule has 2 heterocycles. The zero-order chi connectivity index (χ0) is 21.5. The summed E-state index contributed by atoms with van der Waals surface area (Å²) in [7, 11) is 0. The van der Waals surface area contributed by atoms with Crippen LogP contribution in [0.2, 0.25) is 5.02 Å². The van der Waals surface area contributed by atoms with Crippen LogP contribution in [-0.2, 0) is 13.1 Å². The summed E-state index contributed by atoms with van der Waals surface area (Å²) in [6, 6.07) is 23.2. The summed E-state index contributed by atoms with van der Waals surface area (Å²) < 4.78 is 0. The predicted octanol–water partition coefficient (Wildman–Crippen LogP) is 7.15. The van der Waals surface area contributed by atoms with Crippen molar-refractivity contribution in [3.8, 4) is 0 Å². The van der Waals surface area contributed by atoms with E-state index < -0.39 is 0 Å². The number of rotatable bonds is 10. The van der Waals surface area contributed by atoms with E-state index in [1.54, 1.807) is 0 Å². The molecular formula is C26H28ClN3S. The van der Waals surface area contributed by atoms with E-state index in [4.69, 9.17) is 11.6 Å². The summed E-state index contributed by atoms with van der Waals surface area (Å²) in [5.74, 6) is 0. The number of hydrogen-bond donors (Lipinski definition) is 1. The van der Waals surface area contributed by atoms with Crippen LogP contribution >= 0.6 is 22.9 Å². The number of fused-ring (bicyclic) bond motifs is 1. The Hall–Kier alpha value is -2.40. The van der Waals surface area contributed by atoms with Gasteiger partial charge in [0.25, 0.3) is 0 Å². The van der Waals surface area contributed by atoms with Gasteiger partial charge in [-0.1, -0.05) is 41.9 Å². The number of anilines is 1. The summed E-state index contributed by atoms with van der Waals surface area (Å²) in [5.41, 5.74) is 3.42. The fourth-order valence-corrected chi connectivity index (χ4v) is 4.90. The highest BCUT2D eigenvalue weighted by Crippen LogP contribution is 2.24. The minimum absolute atomic E-state index is 0.719. The van der Waals surface area contributed by atoms with Gasteiger partial charge in [-0.3, -0.25) is 9.88 Å². The minimum atomic E-state index is 0.719. The first-order valence-electron chi connectivity index (χ1n) is 10.8. The summed E-state index contributed by atoms with van der Waals surface area (Å²) in [6.45, 7) is 6.20. The molecule has 0 unspecified atom stereocenters. The second kappa shape index (κ2) is 10.8. The first-order chi connectivity index (χ1) is 15.2. The Labute approximate surface area is 193 Å². The Morgan fingerprint density at radius 3 is 2.65 bits per heavy atom. The van der Waals surface area contributed by atoms with Crippen LogP contribution in [0, 0.1) is 6.92 Å². The Morgan fingerprint density at radius 1 is 0.968 bits per heavy atom. The van der Waals surface area contributed by atoms with Crippen LogP contribution in [0.3, 0.4) is 0 Å². The summed E-state index contributed by atoms with van der Waals surface area (Å²) in [5, 5.41) is 5.42. The second-order valence-electron chi connectivity index (χ2n) is 7.86. The molecule has 31 heavy (non-hydrogen) atoms. The lowest BCUT2D eigenvalue weighted by Crippen LogP contribution is -2.24. The van der Waals surface area contributed by atoms with Gasteiger partial charge in [-0.25, -0.2) is 0 Å². The molecule has 5 heteroatoms. The van der Waals surface area contributed by atoms with Crippen LogP contribution in [0.25, 0.3) is 10.9 Å². The first kappa shape index (κ1) is 21.8. The van der Waals surface area contributed by atoms with Crippen molar-refractivity contribution in [3.05, 3.63) is 93.3 Å². The molecule has 0 fully saturated rings. The topological polar surface area (TPSA) is 28.2 Å². The molecule has 160 valence electrons. The number of thiophene rings is 1. The van der Waals surface area contributed by atoms with Gasteiger partial charge >= 0.3 is 0 Å². The third kappa shape index (κ3) is 6.30. The molecule has 2 aromatic heterocycles. The molecule has 3 nitrogen and oxygen atoms in total.